The number of carbonyl (C=O) groups excluding carboxylic acids is 2. The Morgan fingerprint density at radius 1 is 0.868 bits per heavy atom. The van der Waals surface area contributed by atoms with Gasteiger partial charge >= 0.3 is 11.9 Å². The zero-order chi connectivity index (χ0) is 26.6. The Hall–Kier alpha value is -4.98. The van der Waals surface area contributed by atoms with Crippen LogP contribution < -0.4 is 4.74 Å². The zero-order valence-corrected chi connectivity index (χ0v) is 21.2. The van der Waals surface area contributed by atoms with E-state index >= 15 is 0 Å². The number of fused-ring (bicyclic) bond motifs is 1. The molecule has 0 aliphatic carbocycles. The van der Waals surface area contributed by atoms with Gasteiger partial charge in [-0.3, -0.25) is 0 Å². The van der Waals surface area contributed by atoms with E-state index in [1.807, 2.05) is 61.5 Å². The lowest BCUT2D eigenvalue weighted by Gasteiger charge is -2.10. The summed E-state index contributed by atoms with van der Waals surface area (Å²) in [5.74, 6) is -0.206. The molecular weight excluding hydrogens is 482 g/mol. The highest BCUT2D eigenvalue weighted by Crippen LogP contribution is 2.30. The van der Waals surface area contributed by atoms with Gasteiger partial charge in [-0.05, 0) is 67.1 Å². The van der Waals surface area contributed by atoms with Crippen molar-refractivity contribution in [1.82, 2.24) is 14.8 Å². The summed E-state index contributed by atoms with van der Waals surface area (Å²) in [7, 11) is 2.94. The molecule has 0 unspecified atom stereocenters. The standard InChI is InChI=1S/C30H25N3O5/c1-19-27-25(30(35)38-18-20-9-11-22(12-10-20)29(34)37-3)17-26(21-13-15-24(36-2)16-14-21)31-28(27)33(32-19)23-7-5-4-6-8-23/h4-17H,18H2,1-3H3. The largest absolute Gasteiger partial charge is 0.497 e. The van der Waals surface area contributed by atoms with Gasteiger partial charge in [-0.25, -0.2) is 19.3 Å². The van der Waals surface area contributed by atoms with Gasteiger partial charge in [0.25, 0.3) is 0 Å². The van der Waals surface area contributed by atoms with Crippen LogP contribution in [-0.4, -0.2) is 40.9 Å². The summed E-state index contributed by atoms with van der Waals surface area (Å²) >= 11 is 0. The molecule has 0 amide bonds. The summed E-state index contributed by atoms with van der Waals surface area (Å²) in [5.41, 5.74) is 4.99. The van der Waals surface area contributed by atoms with Gasteiger partial charge in [-0.1, -0.05) is 30.3 Å². The van der Waals surface area contributed by atoms with Crippen LogP contribution in [0.2, 0.25) is 0 Å². The van der Waals surface area contributed by atoms with Crippen molar-refractivity contribution in [1.29, 1.82) is 0 Å². The summed E-state index contributed by atoms with van der Waals surface area (Å²) in [5, 5.41) is 5.32. The van der Waals surface area contributed by atoms with Crippen LogP contribution in [-0.2, 0) is 16.1 Å². The molecule has 2 aromatic heterocycles. The Morgan fingerprint density at radius 2 is 1.58 bits per heavy atom. The molecule has 0 saturated carbocycles. The van der Waals surface area contributed by atoms with Gasteiger partial charge < -0.3 is 14.2 Å². The van der Waals surface area contributed by atoms with Crippen LogP contribution >= 0.6 is 0 Å². The fourth-order valence-corrected chi connectivity index (χ4v) is 4.19. The molecular formula is C30H25N3O5. The van der Waals surface area contributed by atoms with E-state index in [4.69, 9.17) is 24.3 Å². The number of aryl methyl sites for hydroxylation is 1. The maximum atomic E-state index is 13.5. The van der Waals surface area contributed by atoms with Crippen molar-refractivity contribution in [3.05, 3.63) is 107 Å². The molecule has 0 saturated heterocycles. The van der Waals surface area contributed by atoms with E-state index in [-0.39, 0.29) is 6.61 Å². The van der Waals surface area contributed by atoms with E-state index in [0.717, 1.165) is 22.6 Å². The van der Waals surface area contributed by atoms with Gasteiger partial charge in [0.2, 0.25) is 0 Å². The molecule has 3 aromatic carbocycles. The molecule has 0 fully saturated rings. The van der Waals surface area contributed by atoms with Gasteiger partial charge in [-0.2, -0.15) is 5.10 Å². The molecule has 190 valence electrons. The first-order chi connectivity index (χ1) is 18.5. The molecule has 38 heavy (non-hydrogen) atoms. The average Bonchev–Trinajstić information content (AvgIpc) is 3.32. The first-order valence-electron chi connectivity index (χ1n) is 11.9. The second-order valence-electron chi connectivity index (χ2n) is 8.58. The molecule has 0 bridgehead atoms. The Balaban J connectivity index is 1.55. The van der Waals surface area contributed by atoms with E-state index in [1.165, 1.54) is 7.11 Å². The quantitative estimate of drug-likeness (QED) is 0.267. The molecule has 0 atom stereocenters. The number of ether oxygens (including phenoxy) is 3. The number of para-hydroxylation sites is 1. The minimum Gasteiger partial charge on any atom is -0.497 e. The number of pyridine rings is 1. The van der Waals surface area contributed by atoms with Crippen molar-refractivity contribution in [3.8, 4) is 22.7 Å². The van der Waals surface area contributed by atoms with E-state index in [2.05, 4.69) is 0 Å². The minimum absolute atomic E-state index is 0.0356. The first kappa shape index (κ1) is 24.7. The van der Waals surface area contributed by atoms with Gasteiger partial charge in [-0.15, -0.1) is 0 Å². The predicted molar refractivity (Wildman–Crippen MR) is 142 cm³/mol. The molecule has 0 aliphatic rings. The summed E-state index contributed by atoms with van der Waals surface area (Å²) in [6.45, 7) is 1.88. The second-order valence-corrected chi connectivity index (χ2v) is 8.58. The molecule has 8 nitrogen and oxygen atoms in total. The molecule has 0 spiro atoms. The van der Waals surface area contributed by atoms with Crippen LogP contribution in [0.5, 0.6) is 5.75 Å². The Labute approximate surface area is 219 Å². The maximum absolute atomic E-state index is 13.5. The predicted octanol–water partition coefficient (Wildman–Crippen LogP) is 5.55. The van der Waals surface area contributed by atoms with Gasteiger partial charge in [0.1, 0.15) is 12.4 Å². The lowest BCUT2D eigenvalue weighted by atomic mass is 10.1. The van der Waals surface area contributed by atoms with Crippen molar-refractivity contribution in [2.24, 2.45) is 0 Å². The molecule has 5 aromatic rings. The third-order valence-corrected chi connectivity index (χ3v) is 6.16. The summed E-state index contributed by atoms with van der Waals surface area (Å²) < 4.78 is 17.5. The fraction of sp³-hybridized carbons (Fsp3) is 0.133. The lowest BCUT2D eigenvalue weighted by molar-refractivity contribution is 0.0473. The number of rotatable bonds is 7. The van der Waals surface area contributed by atoms with Crippen LogP contribution in [0.15, 0.2) is 84.9 Å². The van der Waals surface area contributed by atoms with Crippen molar-refractivity contribution >= 4 is 23.0 Å². The van der Waals surface area contributed by atoms with E-state index in [9.17, 15) is 9.59 Å². The van der Waals surface area contributed by atoms with Gasteiger partial charge in [0, 0.05) is 5.56 Å². The Kier molecular flexibility index (Phi) is 6.86. The molecule has 0 N–H and O–H groups in total. The molecule has 0 radical (unpaired) electrons. The van der Waals surface area contributed by atoms with E-state index < -0.39 is 11.9 Å². The Bertz CT molecular complexity index is 1610. The number of carbonyl (C=O) groups is 2. The maximum Gasteiger partial charge on any atom is 0.339 e. The normalized spacial score (nSPS) is 10.8. The number of benzene rings is 3. The van der Waals surface area contributed by atoms with Crippen molar-refractivity contribution < 1.29 is 23.8 Å². The van der Waals surface area contributed by atoms with Gasteiger partial charge in [0.05, 0.1) is 47.8 Å². The summed E-state index contributed by atoms with van der Waals surface area (Å²) in [6.07, 6.45) is 0. The fourth-order valence-electron chi connectivity index (χ4n) is 4.19. The van der Waals surface area contributed by atoms with Crippen molar-refractivity contribution in [3.63, 3.8) is 0 Å². The molecule has 5 rings (SSSR count). The Morgan fingerprint density at radius 3 is 2.24 bits per heavy atom. The topological polar surface area (TPSA) is 92.5 Å². The highest BCUT2D eigenvalue weighted by atomic mass is 16.5. The van der Waals surface area contributed by atoms with Crippen LogP contribution in [0.1, 0.15) is 32.0 Å². The summed E-state index contributed by atoms with van der Waals surface area (Å²) in [6, 6.07) is 25.6. The van der Waals surface area contributed by atoms with Crippen molar-refractivity contribution in [2.45, 2.75) is 13.5 Å². The molecule has 2 heterocycles. The lowest BCUT2D eigenvalue weighted by Crippen LogP contribution is -2.08. The van der Waals surface area contributed by atoms with Crippen molar-refractivity contribution in [2.75, 3.05) is 14.2 Å². The van der Waals surface area contributed by atoms with E-state index in [1.54, 1.807) is 42.1 Å². The average molecular weight is 508 g/mol. The zero-order valence-electron chi connectivity index (χ0n) is 21.2. The van der Waals surface area contributed by atoms with Crippen LogP contribution in [0, 0.1) is 6.92 Å². The number of methoxy groups -OCH3 is 2. The number of hydrogen-bond donors (Lipinski definition) is 0. The number of hydrogen-bond acceptors (Lipinski definition) is 7. The summed E-state index contributed by atoms with van der Waals surface area (Å²) in [4.78, 5) is 30.0. The smallest absolute Gasteiger partial charge is 0.339 e. The third kappa shape index (κ3) is 4.84. The van der Waals surface area contributed by atoms with Crippen LogP contribution in [0.3, 0.4) is 0 Å². The minimum atomic E-state index is -0.500. The van der Waals surface area contributed by atoms with Gasteiger partial charge in [0.15, 0.2) is 5.65 Å². The first-order valence-corrected chi connectivity index (χ1v) is 11.9. The third-order valence-electron chi connectivity index (χ3n) is 6.16. The number of esters is 2. The number of aromatic nitrogens is 3. The van der Waals surface area contributed by atoms with Crippen LogP contribution in [0.25, 0.3) is 28.0 Å². The molecule has 8 heteroatoms. The molecule has 0 aliphatic heterocycles. The highest BCUT2D eigenvalue weighted by Gasteiger charge is 2.22. The monoisotopic (exact) mass is 507 g/mol. The highest BCUT2D eigenvalue weighted by molar-refractivity contribution is 6.05. The SMILES string of the molecule is COC(=O)c1ccc(COC(=O)c2cc(-c3ccc(OC)cc3)nc3c2c(C)nn3-c2ccccc2)cc1. The second kappa shape index (κ2) is 10.6. The van der Waals surface area contributed by atoms with E-state index in [0.29, 0.717) is 33.5 Å². The van der Waals surface area contributed by atoms with Crippen LogP contribution in [0.4, 0.5) is 0 Å². The number of nitrogens with zero attached hydrogens (tertiary/aromatic N) is 3.